The Kier molecular flexibility index (Phi) is 3.13. The van der Waals surface area contributed by atoms with E-state index in [1.807, 2.05) is 13.8 Å². The van der Waals surface area contributed by atoms with Crippen LogP contribution in [0, 0.1) is 13.8 Å². The Hall–Kier alpha value is -2.76. The lowest BCUT2D eigenvalue weighted by Gasteiger charge is -1.98. The molecule has 0 fully saturated rings. The van der Waals surface area contributed by atoms with Crippen LogP contribution >= 0.6 is 0 Å². The number of hydrogen-bond acceptors (Lipinski definition) is 5. The monoisotopic (exact) mass is 285 g/mol. The number of benzene rings is 1. The lowest BCUT2D eigenvalue weighted by molar-refractivity contribution is 0.0921. The van der Waals surface area contributed by atoms with E-state index in [1.54, 1.807) is 24.3 Å². The number of aromatic nitrogens is 1. The summed E-state index contributed by atoms with van der Waals surface area (Å²) in [6.07, 6.45) is 0. The second kappa shape index (κ2) is 4.97. The summed E-state index contributed by atoms with van der Waals surface area (Å²) < 4.78 is 10.9. The molecule has 1 amide bonds. The van der Waals surface area contributed by atoms with Gasteiger partial charge in [-0.3, -0.25) is 4.79 Å². The van der Waals surface area contributed by atoms with Crippen LogP contribution in [-0.4, -0.2) is 10.9 Å². The fourth-order valence-electron chi connectivity index (χ4n) is 2.03. The first-order valence-corrected chi connectivity index (χ1v) is 6.53. The summed E-state index contributed by atoms with van der Waals surface area (Å²) in [5, 5.41) is 3.51. The highest BCUT2D eigenvalue weighted by Crippen LogP contribution is 2.21. The molecular formula is C15H15N3O3. The second-order valence-electron chi connectivity index (χ2n) is 4.84. The van der Waals surface area contributed by atoms with E-state index in [0.717, 1.165) is 16.8 Å². The fraction of sp³-hybridized carbons (Fsp3) is 0.200. The first-order valence-electron chi connectivity index (χ1n) is 6.53. The van der Waals surface area contributed by atoms with Crippen LogP contribution in [0.25, 0.3) is 11.0 Å². The van der Waals surface area contributed by atoms with Gasteiger partial charge in [0.15, 0.2) is 5.76 Å². The van der Waals surface area contributed by atoms with Crippen LogP contribution in [0.3, 0.4) is 0 Å². The zero-order chi connectivity index (χ0) is 15.0. The summed E-state index contributed by atoms with van der Waals surface area (Å²) in [6.45, 7) is 3.90. The van der Waals surface area contributed by atoms with Gasteiger partial charge in [-0.05, 0) is 38.1 Å². The van der Waals surface area contributed by atoms with E-state index in [2.05, 4.69) is 10.3 Å². The van der Waals surface area contributed by atoms with Gasteiger partial charge in [-0.25, -0.2) is 4.98 Å². The number of rotatable bonds is 3. The van der Waals surface area contributed by atoms with E-state index in [4.69, 9.17) is 14.6 Å². The minimum absolute atomic E-state index is 0.215. The van der Waals surface area contributed by atoms with E-state index >= 15 is 0 Å². The van der Waals surface area contributed by atoms with E-state index in [-0.39, 0.29) is 18.2 Å². The van der Waals surface area contributed by atoms with Gasteiger partial charge in [-0.1, -0.05) is 0 Å². The molecule has 108 valence electrons. The average Bonchev–Trinajstić information content (AvgIpc) is 3.00. The summed E-state index contributed by atoms with van der Waals surface area (Å²) in [6, 6.07) is 6.89. The van der Waals surface area contributed by atoms with Crippen molar-refractivity contribution in [2.75, 3.05) is 5.73 Å². The van der Waals surface area contributed by atoms with Crippen LogP contribution in [0.15, 0.2) is 33.1 Å². The van der Waals surface area contributed by atoms with Gasteiger partial charge < -0.3 is 19.9 Å². The molecule has 0 saturated heterocycles. The summed E-state index contributed by atoms with van der Waals surface area (Å²) in [4.78, 5) is 16.3. The minimum Gasteiger partial charge on any atom is -0.451 e. The lowest BCUT2D eigenvalue weighted by Crippen LogP contribution is -2.22. The zero-order valence-electron chi connectivity index (χ0n) is 11.8. The maximum Gasteiger partial charge on any atom is 0.287 e. The summed E-state index contributed by atoms with van der Waals surface area (Å²) >= 11 is 0. The van der Waals surface area contributed by atoms with Crippen molar-refractivity contribution >= 4 is 22.6 Å². The normalized spacial score (nSPS) is 11.0. The minimum atomic E-state index is -0.321. The number of nitrogens with two attached hydrogens (primary N) is 1. The van der Waals surface area contributed by atoms with Gasteiger partial charge in [-0.15, -0.1) is 0 Å². The topological polar surface area (TPSA) is 94.3 Å². The lowest BCUT2D eigenvalue weighted by atomic mass is 10.2. The van der Waals surface area contributed by atoms with Crippen molar-refractivity contribution in [1.82, 2.24) is 10.3 Å². The number of fused-ring (bicyclic) bond motifs is 1. The predicted octanol–water partition coefficient (Wildman–Crippen LogP) is 2.55. The van der Waals surface area contributed by atoms with E-state index in [0.29, 0.717) is 17.2 Å². The van der Waals surface area contributed by atoms with E-state index in [9.17, 15) is 4.79 Å². The number of nitrogens with one attached hydrogen (secondary N) is 1. The molecule has 3 aromatic rings. The summed E-state index contributed by atoms with van der Waals surface area (Å²) in [5.74, 6) is 1.13. The van der Waals surface area contributed by atoms with Crippen molar-refractivity contribution in [1.29, 1.82) is 0 Å². The van der Waals surface area contributed by atoms with Gasteiger partial charge in [0.1, 0.15) is 11.3 Å². The Morgan fingerprint density at radius 3 is 2.81 bits per heavy atom. The molecule has 21 heavy (non-hydrogen) atoms. The maximum absolute atomic E-state index is 12.1. The summed E-state index contributed by atoms with van der Waals surface area (Å²) in [7, 11) is 0. The van der Waals surface area contributed by atoms with Gasteiger partial charge in [0.05, 0.1) is 12.2 Å². The molecule has 0 spiro atoms. The standard InChI is InChI=1S/C15H15N3O3/c1-8-9(2)20-14(18-8)7-17-15(19)13-6-10-5-11(16)3-4-12(10)21-13/h3-6H,7,16H2,1-2H3,(H,17,19). The Balaban J connectivity index is 1.74. The largest absolute Gasteiger partial charge is 0.451 e. The highest BCUT2D eigenvalue weighted by Gasteiger charge is 2.13. The van der Waals surface area contributed by atoms with Crippen LogP contribution < -0.4 is 11.1 Å². The van der Waals surface area contributed by atoms with Crippen molar-refractivity contribution in [2.24, 2.45) is 0 Å². The third-order valence-electron chi connectivity index (χ3n) is 3.24. The first kappa shape index (κ1) is 13.2. The molecule has 0 aliphatic rings. The molecule has 0 unspecified atom stereocenters. The number of nitrogen functional groups attached to an aromatic ring is 1. The van der Waals surface area contributed by atoms with Gasteiger partial charge in [0, 0.05) is 11.1 Å². The Morgan fingerprint density at radius 1 is 1.29 bits per heavy atom. The highest BCUT2D eigenvalue weighted by atomic mass is 16.4. The molecule has 2 aromatic heterocycles. The molecule has 6 nitrogen and oxygen atoms in total. The molecule has 3 rings (SSSR count). The number of anilines is 1. The Morgan fingerprint density at radius 2 is 2.10 bits per heavy atom. The second-order valence-corrected chi connectivity index (χ2v) is 4.84. The smallest absolute Gasteiger partial charge is 0.287 e. The third kappa shape index (κ3) is 2.60. The SMILES string of the molecule is Cc1nc(CNC(=O)c2cc3cc(N)ccc3o2)oc1C. The zero-order valence-corrected chi connectivity index (χ0v) is 11.8. The van der Waals surface area contributed by atoms with Crippen molar-refractivity contribution in [3.63, 3.8) is 0 Å². The molecule has 0 aliphatic heterocycles. The highest BCUT2D eigenvalue weighted by molar-refractivity contribution is 5.96. The quantitative estimate of drug-likeness (QED) is 0.721. The van der Waals surface area contributed by atoms with Crippen LogP contribution in [-0.2, 0) is 6.54 Å². The number of oxazole rings is 1. The van der Waals surface area contributed by atoms with Crippen LogP contribution in [0.4, 0.5) is 5.69 Å². The van der Waals surface area contributed by atoms with Gasteiger partial charge in [0.2, 0.25) is 5.89 Å². The molecule has 0 radical (unpaired) electrons. The molecule has 0 atom stereocenters. The molecule has 1 aromatic carbocycles. The summed E-state index contributed by atoms with van der Waals surface area (Å²) in [5.41, 5.74) is 7.76. The van der Waals surface area contributed by atoms with Gasteiger partial charge in [-0.2, -0.15) is 0 Å². The molecule has 3 N–H and O–H groups in total. The van der Waals surface area contributed by atoms with Crippen molar-refractivity contribution in [3.05, 3.63) is 47.4 Å². The van der Waals surface area contributed by atoms with E-state index in [1.165, 1.54) is 0 Å². The maximum atomic E-state index is 12.1. The molecule has 0 saturated carbocycles. The molecular weight excluding hydrogens is 270 g/mol. The molecule has 0 bridgehead atoms. The van der Waals surface area contributed by atoms with Crippen LogP contribution in [0.1, 0.15) is 27.9 Å². The van der Waals surface area contributed by atoms with Crippen molar-refractivity contribution < 1.29 is 13.6 Å². The Bertz CT molecular complexity index is 797. The number of carbonyl (C=O) groups excluding carboxylic acids is 1. The van der Waals surface area contributed by atoms with E-state index < -0.39 is 0 Å². The predicted molar refractivity (Wildman–Crippen MR) is 77.8 cm³/mol. The number of hydrogen-bond donors (Lipinski definition) is 2. The number of aryl methyl sites for hydroxylation is 2. The van der Waals surface area contributed by atoms with Crippen molar-refractivity contribution in [3.8, 4) is 0 Å². The van der Waals surface area contributed by atoms with Gasteiger partial charge >= 0.3 is 0 Å². The number of carbonyl (C=O) groups is 1. The first-order chi connectivity index (χ1) is 10.0. The number of amides is 1. The average molecular weight is 285 g/mol. The fourth-order valence-corrected chi connectivity index (χ4v) is 2.03. The molecule has 6 heteroatoms. The number of furan rings is 1. The van der Waals surface area contributed by atoms with Crippen LogP contribution in [0.5, 0.6) is 0 Å². The third-order valence-corrected chi connectivity index (χ3v) is 3.24. The Labute approximate surface area is 120 Å². The molecule has 0 aliphatic carbocycles. The number of nitrogens with zero attached hydrogens (tertiary/aromatic N) is 1. The van der Waals surface area contributed by atoms with Gasteiger partial charge in [0.25, 0.3) is 5.91 Å². The van der Waals surface area contributed by atoms with Crippen LogP contribution in [0.2, 0.25) is 0 Å². The molecule has 2 heterocycles. The van der Waals surface area contributed by atoms with Crippen molar-refractivity contribution in [2.45, 2.75) is 20.4 Å².